The SMILES string of the molecule is CNc1cn(-c2ccc(Cl)c(Cl)c2)cn1. The maximum absolute atomic E-state index is 5.92. The maximum atomic E-state index is 5.92. The van der Waals surface area contributed by atoms with Crippen molar-refractivity contribution in [3.05, 3.63) is 40.8 Å². The zero-order valence-electron chi connectivity index (χ0n) is 8.04. The van der Waals surface area contributed by atoms with Crippen molar-refractivity contribution in [1.29, 1.82) is 0 Å². The molecule has 2 rings (SSSR count). The number of hydrogen-bond donors (Lipinski definition) is 1. The van der Waals surface area contributed by atoms with Crippen LogP contribution in [0.3, 0.4) is 0 Å². The zero-order valence-corrected chi connectivity index (χ0v) is 9.55. The van der Waals surface area contributed by atoms with Crippen LogP contribution in [0.1, 0.15) is 0 Å². The van der Waals surface area contributed by atoms with Crippen molar-refractivity contribution in [3.63, 3.8) is 0 Å². The minimum absolute atomic E-state index is 0.536. The molecule has 78 valence electrons. The predicted octanol–water partition coefficient (Wildman–Crippen LogP) is 3.22. The number of rotatable bonds is 2. The minimum atomic E-state index is 0.536. The van der Waals surface area contributed by atoms with Crippen molar-refractivity contribution in [2.45, 2.75) is 0 Å². The lowest BCUT2D eigenvalue weighted by molar-refractivity contribution is 1.06. The van der Waals surface area contributed by atoms with Crippen LogP contribution < -0.4 is 5.32 Å². The fraction of sp³-hybridized carbons (Fsp3) is 0.100. The van der Waals surface area contributed by atoms with Crippen molar-refractivity contribution < 1.29 is 0 Å². The standard InChI is InChI=1S/C10H9Cl2N3/c1-13-10-5-15(6-14-10)7-2-3-8(11)9(12)4-7/h2-6,13H,1H3. The van der Waals surface area contributed by atoms with E-state index < -0.39 is 0 Å². The molecule has 0 amide bonds. The van der Waals surface area contributed by atoms with Crippen molar-refractivity contribution in [1.82, 2.24) is 9.55 Å². The maximum Gasteiger partial charge on any atom is 0.144 e. The van der Waals surface area contributed by atoms with Gasteiger partial charge >= 0.3 is 0 Å². The molecule has 0 spiro atoms. The number of benzene rings is 1. The summed E-state index contributed by atoms with van der Waals surface area (Å²) in [5.41, 5.74) is 0.929. The lowest BCUT2D eigenvalue weighted by Crippen LogP contribution is -1.90. The molecule has 0 aliphatic rings. The summed E-state index contributed by atoms with van der Waals surface area (Å²) in [5.74, 6) is 0.807. The summed E-state index contributed by atoms with van der Waals surface area (Å²) in [4.78, 5) is 4.14. The van der Waals surface area contributed by atoms with E-state index in [9.17, 15) is 0 Å². The van der Waals surface area contributed by atoms with E-state index in [-0.39, 0.29) is 0 Å². The quantitative estimate of drug-likeness (QED) is 0.876. The van der Waals surface area contributed by atoms with Gasteiger partial charge in [-0.15, -0.1) is 0 Å². The second kappa shape index (κ2) is 4.13. The Morgan fingerprint density at radius 3 is 2.67 bits per heavy atom. The highest BCUT2D eigenvalue weighted by Crippen LogP contribution is 2.24. The first-order valence-electron chi connectivity index (χ1n) is 4.38. The van der Waals surface area contributed by atoms with Gasteiger partial charge in [0, 0.05) is 12.7 Å². The Hall–Kier alpha value is -1.19. The van der Waals surface area contributed by atoms with Crippen molar-refractivity contribution in [3.8, 4) is 5.69 Å². The molecule has 0 atom stereocenters. The molecule has 0 radical (unpaired) electrons. The third-order valence-corrected chi connectivity index (χ3v) is 2.78. The normalized spacial score (nSPS) is 10.3. The van der Waals surface area contributed by atoms with Crippen molar-refractivity contribution in [2.24, 2.45) is 0 Å². The van der Waals surface area contributed by atoms with Gasteiger partial charge in [0.15, 0.2) is 0 Å². The largest absolute Gasteiger partial charge is 0.372 e. The molecule has 0 fully saturated rings. The van der Waals surface area contributed by atoms with Crippen LogP contribution in [0.25, 0.3) is 5.69 Å². The highest BCUT2D eigenvalue weighted by atomic mass is 35.5. The summed E-state index contributed by atoms with van der Waals surface area (Å²) in [6.07, 6.45) is 3.59. The Balaban J connectivity index is 2.40. The number of nitrogens with zero attached hydrogens (tertiary/aromatic N) is 2. The number of anilines is 1. The summed E-state index contributed by atoms with van der Waals surface area (Å²) in [6.45, 7) is 0. The Morgan fingerprint density at radius 2 is 2.07 bits per heavy atom. The molecular weight excluding hydrogens is 233 g/mol. The zero-order chi connectivity index (χ0) is 10.8. The van der Waals surface area contributed by atoms with E-state index in [1.54, 1.807) is 18.5 Å². The summed E-state index contributed by atoms with van der Waals surface area (Å²) in [5, 5.41) is 4.04. The van der Waals surface area contributed by atoms with E-state index in [0.29, 0.717) is 10.0 Å². The van der Waals surface area contributed by atoms with Gasteiger partial charge in [-0.3, -0.25) is 0 Å². The third kappa shape index (κ3) is 2.08. The van der Waals surface area contributed by atoms with Crippen LogP contribution in [0, 0.1) is 0 Å². The molecular formula is C10H9Cl2N3. The molecule has 2 aromatic rings. The van der Waals surface area contributed by atoms with Crippen molar-refractivity contribution in [2.75, 3.05) is 12.4 Å². The van der Waals surface area contributed by atoms with Crippen LogP contribution in [-0.2, 0) is 0 Å². The molecule has 0 saturated carbocycles. The lowest BCUT2D eigenvalue weighted by atomic mass is 10.3. The van der Waals surface area contributed by atoms with Crippen molar-refractivity contribution >= 4 is 29.0 Å². The molecule has 3 nitrogen and oxygen atoms in total. The molecule has 5 heteroatoms. The summed E-state index contributed by atoms with van der Waals surface area (Å²) in [7, 11) is 1.82. The molecule has 1 N–H and O–H groups in total. The van der Waals surface area contributed by atoms with Gasteiger partial charge in [-0.25, -0.2) is 4.98 Å². The highest BCUT2D eigenvalue weighted by molar-refractivity contribution is 6.42. The van der Waals surface area contributed by atoms with Gasteiger partial charge in [0.1, 0.15) is 12.1 Å². The molecule has 0 aliphatic carbocycles. The van der Waals surface area contributed by atoms with E-state index in [0.717, 1.165) is 11.5 Å². The Morgan fingerprint density at radius 1 is 1.27 bits per heavy atom. The number of halogens is 2. The first-order chi connectivity index (χ1) is 7.20. The average Bonchev–Trinajstić information content (AvgIpc) is 2.70. The molecule has 0 aliphatic heterocycles. The van der Waals surface area contributed by atoms with Crippen LogP contribution in [0.5, 0.6) is 0 Å². The van der Waals surface area contributed by atoms with E-state index in [4.69, 9.17) is 23.2 Å². The van der Waals surface area contributed by atoms with Crippen LogP contribution in [0.15, 0.2) is 30.7 Å². The topological polar surface area (TPSA) is 29.9 Å². The van der Waals surface area contributed by atoms with Gasteiger partial charge in [-0.05, 0) is 18.2 Å². The van der Waals surface area contributed by atoms with Gasteiger partial charge in [0.25, 0.3) is 0 Å². The fourth-order valence-corrected chi connectivity index (χ4v) is 1.53. The third-order valence-electron chi connectivity index (χ3n) is 2.04. The van der Waals surface area contributed by atoms with Crippen LogP contribution in [0.2, 0.25) is 10.0 Å². The van der Waals surface area contributed by atoms with Gasteiger partial charge < -0.3 is 9.88 Å². The lowest BCUT2D eigenvalue weighted by Gasteiger charge is -2.03. The summed E-state index contributed by atoms with van der Waals surface area (Å²) < 4.78 is 1.87. The number of imidazole rings is 1. The van der Waals surface area contributed by atoms with Gasteiger partial charge in [-0.1, -0.05) is 23.2 Å². The summed E-state index contributed by atoms with van der Waals surface area (Å²) in [6, 6.07) is 5.44. The highest BCUT2D eigenvalue weighted by Gasteiger charge is 2.02. The fourth-order valence-electron chi connectivity index (χ4n) is 1.24. The number of hydrogen-bond acceptors (Lipinski definition) is 2. The molecule has 0 unspecified atom stereocenters. The van der Waals surface area contributed by atoms with Gasteiger partial charge in [-0.2, -0.15) is 0 Å². The number of aromatic nitrogens is 2. The van der Waals surface area contributed by atoms with E-state index >= 15 is 0 Å². The predicted molar refractivity (Wildman–Crippen MR) is 63.1 cm³/mol. The Labute approximate surface area is 97.6 Å². The Kier molecular flexibility index (Phi) is 2.84. The van der Waals surface area contributed by atoms with E-state index in [1.807, 2.05) is 23.9 Å². The minimum Gasteiger partial charge on any atom is -0.372 e. The first-order valence-corrected chi connectivity index (χ1v) is 5.13. The van der Waals surface area contributed by atoms with E-state index in [2.05, 4.69) is 10.3 Å². The first kappa shape index (κ1) is 10.3. The van der Waals surface area contributed by atoms with Crippen LogP contribution >= 0.6 is 23.2 Å². The van der Waals surface area contributed by atoms with Gasteiger partial charge in [0.05, 0.1) is 16.2 Å². The molecule has 1 aromatic heterocycles. The average molecular weight is 242 g/mol. The summed E-state index contributed by atoms with van der Waals surface area (Å²) >= 11 is 11.8. The number of nitrogens with one attached hydrogen (secondary N) is 1. The molecule has 15 heavy (non-hydrogen) atoms. The second-order valence-electron chi connectivity index (χ2n) is 3.01. The van der Waals surface area contributed by atoms with Crippen LogP contribution in [-0.4, -0.2) is 16.6 Å². The molecule has 1 heterocycles. The van der Waals surface area contributed by atoms with Crippen LogP contribution in [0.4, 0.5) is 5.82 Å². The molecule has 1 aromatic carbocycles. The second-order valence-corrected chi connectivity index (χ2v) is 3.83. The monoisotopic (exact) mass is 241 g/mol. The smallest absolute Gasteiger partial charge is 0.144 e. The molecule has 0 saturated heterocycles. The van der Waals surface area contributed by atoms with E-state index in [1.165, 1.54) is 0 Å². The molecule has 0 bridgehead atoms. The Bertz CT molecular complexity index is 479. The van der Waals surface area contributed by atoms with Gasteiger partial charge in [0.2, 0.25) is 0 Å².